The van der Waals surface area contributed by atoms with E-state index in [-0.39, 0.29) is 17.1 Å². The average Bonchev–Trinajstić information content (AvgIpc) is 2.44. The van der Waals surface area contributed by atoms with Crippen LogP contribution in [0.3, 0.4) is 0 Å². The van der Waals surface area contributed by atoms with E-state index in [4.69, 9.17) is 4.74 Å². The Kier molecular flexibility index (Phi) is 4.93. The van der Waals surface area contributed by atoms with Crippen molar-refractivity contribution in [1.82, 2.24) is 0 Å². The Hall–Kier alpha value is -2.50. The number of para-hydroxylation sites is 1. The van der Waals surface area contributed by atoms with Crippen LogP contribution < -0.4 is 4.74 Å². The van der Waals surface area contributed by atoms with Gasteiger partial charge in [0.15, 0.2) is 11.5 Å². The second kappa shape index (κ2) is 6.44. The quantitative estimate of drug-likeness (QED) is 0.506. The molecule has 1 rings (SSSR count). The topological polar surface area (TPSA) is 82.1 Å². The average molecular weight is 266 g/mol. The van der Waals surface area contributed by atoms with Gasteiger partial charge < -0.3 is 19.3 Å². The van der Waals surface area contributed by atoms with E-state index in [0.29, 0.717) is 0 Å². The largest absolute Gasteiger partial charge is 0.504 e. The SMILES string of the molecule is C/C=C(/Oc1cccc(C(=O)OC)c1O)C(=O)OC. The summed E-state index contributed by atoms with van der Waals surface area (Å²) < 4.78 is 14.2. The second-order valence-corrected chi connectivity index (χ2v) is 3.39. The number of phenols is 1. The van der Waals surface area contributed by atoms with Gasteiger partial charge in [-0.15, -0.1) is 0 Å². The number of aromatic hydroxyl groups is 1. The summed E-state index contributed by atoms with van der Waals surface area (Å²) in [6, 6.07) is 4.28. The van der Waals surface area contributed by atoms with Crippen molar-refractivity contribution < 1.29 is 28.9 Å². The first-order chi connectivity index (χ1) is 9.04. The summed E-state index contributed by atoms with van der Waals surface area (Å²) in [6.07, 6.45) is 1.39. The zero-order chi connectivity index (χ0) is 14.4. The van der Waals surface area contributed by atoms with Crippen molar-refractivity contribution in [3.63, 3.8) is 0 Å². The number of ether oxygens (including phenoxy) is 3. The van der Waals surface area contributed by atoms with E-state index < -0.39 is 17.7 Å². The number of hydrogen-bond acceptors (Lipinski definition) is 6. The van der Waals surface area contributed by atoms with Gasteiger partial charge in [-0.25, -0.2) is 9.59 Å². The molecule has 0 aliphatic heterocycles. The molecule has 0 saturated heterocycles. The minimum Gasteiger partial charge on any atom is -0.504 e. The van der Waals surface area contributed by atoms with Crippen molar-refractivity contribution >= 4 is 11.9 Å². The molecule has 0 aliphatic carbocycles. The lowest BCUT2D eigenvalue weighted by molar-refractivity contribution is -0.138. The van der Waals surface area contributed by atoms with E-state index in [2.05, 4.69) is 9.47 Å². The molecule has 0 unspecified atom stereocenters. The van der Waals surface area contributed by atoms with Gasteiger partial charge in [-0.2, -0.15) is 0 Å². The third kappa shape index (κ3) is 3.25. The van der Waals surface area contributed by atoms with Gasteiger partial charge in [0.05, 0.1) is 14.2 Å². The van der Waals surface area contributed by atoms with E-state index in [1.165, 1.54) is 38.5 Å². The number of hydrogen-bond donors (Lipinski definition) is 1. The Bertz CT molecular complexity index is 518. The van der Waals surface area contributed by atoms with Crippen LogP contribution in [0.25, 0.3) is 0 Å². The number of esters is 2. The van der Waals surface area contributed by atoms with Gasteiger partial charge in [0.25, 0.3) is 0 Å². The molecule has 102 valence electrons. The molecule has 1 N–H and O–H groups in total. The predicted molar refractivity (Wildman–Crippen MR) is 65.8 cm³/mol. The Balaban J connectivity index is 3.09. The Morgan fingerprint density at radius 3 is 2.42 bits per heavy atom. The maximum Gasteiger partial charge on any atom is 0.373 e. The van der Waals surface area contributed by atoms with Gasteiger partial charge in [-0.1, -0.05) is 6.07 Å². The van der Waals surface area contributed by atoms with Gasteiger partial charge in [0.1, 0.15) is 5.56 Å². The number of benzene rings is 1. The highest BCUT2D eigenvalue weighted by Gasteiger charge is 2.18. The highest BCUT2D eigenvalue weighted by Crippen LogP contribution is 2.31. The van der Waals surface area contributed by atoms with E-state index in [1.54, 1.807) is 6.92 Å². The number of carbonyl (C=O) groups excluding carboxylic acids is 2. The van der Waals surface area contributed by atoms with Crippen molar-refractivity contribution in [3.8, 4) is 11.5 Å². The Morgan fingerprint density at radius 1 is 1.21 bits per heavy atom. The van der Waals surface area contributed by atoms with Gasteiger partial charge in [0, 0.05) is 0 Å². The lowest BCUT2D eigenvalue weighted by Crippen LogP contribution is -2.11. The summed E-state index contributed by atoms with van der Waals surface area (Å²) in [5, 5.41) is 9.88. The first-order valence-electron chi connectivity index (χ1n) is 5.37. The maximum absolute atomic E-state index is 11.4. The van der Waals surface area contributed by atoms with Crippen LogP contribution in [-0.2, 0) is 14.3 Å². The smallest absolute Gasteiger partial charge is 0.373 e. The fraction of sp³-hybridized carbons (Fsp3) is 0.231. The minimum absolute atomic E-state index is 0.0404. The predicted octanol–water partition coefficient (Wildman–Crippen LogP) is 1.63. The molecule has 0 saturated carbocycles. The van der Waals surface area contributed by atoms with Gasteiger partial charge in [-0.05, 0) is 25.1 Å². The molecule has 0 atom stereocenters. The number of allylic oxidation sites excluding steroid dienone is 1. The molecule has 0 spiro atoms. The molecule has 0 heterocycles. The van der Waals surface area contributed by atoms with Crippen LogP contribution in [0.1, 0.15) is 17.3 Å². The van der Waals surface area contributed by atoms with Crippen molar-refractivity contribution in [3.05, 3.63) is 35.6 Å². The fourth-order valence-electron chi connectivity index (χ4n) is 1.32. The standard InChI is InChI=1S/C13H14O6/c1-4-9(13(16)18-3)19-10-7-5-6-8(11(10)14)12(15)17-2/h4-7,14H,1-3H3/b9-4+. The highest BCUT2D eigenvalue weighted by atomic mass is 16.6. The first-order valence-corrected chi connectivity index (χ1v) is 5.37. The zero-order valence-corrected chi connectivity index (χ0v) is 10.8. The van der Waals surface area contributed by atoms with Gasteiger partial charge in [-0.3, -0.25) is 0 Å². The van der Waals surface area contributed by atoms with Crippen LogP contribution in [0.5, 0.6) is 11.5 Å². The summed E-state index contributed by atoms with van der Waals surface area (Å²) in [4.78, 5) is 22.7. The summed E-state index contributed by atoms with van der Waals surface area (Å²) in [7, 11) is 2.40. The first kappa shape index (κ1) is 14.6. The Labute approximate surface area is 110 Å². The van der Waals surface area contributed by atoms with Crippen molar-refractivity contribution in [2.45, 2.75) is 6.92 Å². The zero-order valence-electron chi connectivity index (χ0n) is 10.8. The van der Waals surface area contributed by atoms with E-state index >= 15 is 0 Å². The lowest BCUT2D eigenvalue weighted by Gasteiger charge is -2.11. The molecular formula is C13H14O6. The van der Waals surface area contributed by atoms with Crippen LogP contribution in [0.2, 0.25) is 0 Å². The van der Waals surface area contributed by atoms with Crippen LogP contribution in [-0.4, -0.2) is 31.3 Å². The van der Waals surface area contributed by atoms with Crippen LogP contribution in [0.15, 0.2) is 30.0 Å². The third-order valence-electron chi connectivity index (χ3n) is 2.27. The van der Waals surface area contributed by atoms with E-state index in [1.807, 2.05) is 0 Å². The molecule has 0 aliphatic rings. The monoisotopic (exact) mass is 266 g/mol. The normalized spacial score (nSPS) is 10.8. The number of carbonyl (C=O) groups is 2. The summed E-state index contributed by atoms with van der Waals surface area (Å²) in [6.45, 7) is 1.58. The number of phenolic OH excluding ortho intramolecular Hbond substituents is 1. The molecule has 19 heavy (non-hydrogen) atoms. The summed E-state index contributed by atoms with van der Waals surface area (Å²) in [5.74, 6) is -1.94. The van der Waals surface area contributed by atoms with E-state index in [0.717, 1.165) is 0 Å². The molecule has 1 aromatic carbocycles. The Morgan fingerprint density at radius 2 is 1.89 bits per heavy atom. The maximum atomic E-state index is 11.4. The molecule has 6 nitrogen and oxygen atoms in total. The molecule has 1 aromatic rings. The summed E-state index contributed by atoms with van der Waals surface area (Å²) in [5.41, 5.74) is -0.0553. The third-order valence-corrected chi connectivity index (χ3v) is 2.27. The van der Waals surface area contributed by atoms with Crippen molar-refractivity contribution in [2.75, 3.05) is 14.2 Å². The molecule has 0 radical (unpaired) electrons. The molecule has 0 fully saturated rings. The van der Waals surface area contributed by atoms with Crippen LogP contribution >= 0.6 is 0 Å². The second-order valence-electron chi connectivity index (χ2n) is 3.39. The molecular weight excluding hydrogens is 252 g/mol. The number of rotatable bonds is 4. The summed E-state index contributed by atoms with van der Waals surface area (Å²) >= 11 is 0. The lowest BCUT2D eigenvalue weighted by atomic mass is 10.2. The van der Waals surface area contributed by atoms with Gasteiger partial charge >= 0.3 is 11.9 Å². The van der Waals surface area contributed by atoms with Gasteiger partial charge in [0.2, 0.25) is 5.76 Å². The van der Waals surface area contributed by atoms with Crippen LogP contribution in [0.4, 0.5) is 0 Å². The van der Waals surface area contributed by atoms with Crippen LogP contribution in [0, 0.1) is 0 Å². The molecule has 0 bridgehead atoms. The van der Waals surface area contributed by atoms with Crippen molar-refractivity contribution in [1.29, 1.82) is 0 Å². The fourth-order valence-corrected chi connectivity index (χ4v) is 1.32. The molecule has 0 amide bonds. The minimum atomic E-state index is -0.706. The molecule has 6 heteroatoms. The van der Waals surface area contributed by atoms with E-state index in [9.17, 15) is 14.7 Å². The highest BCUT2D eigenvalue weighted by molar-refractivity contribution is 5.93. The molecule has 0 aromatic heterocycles. The van der Waals surface area contributed by atoms with Crippen molar-refractivity contribution in [2.24, 2.45) is 0 Å². The number of methoxy groups -OCH3 is 2.